The van der Waals surface area contributed by atoms with Crippen molar-refractivity contribution >= 4 is 5.91 Å². The van der Waals surface area contributed by atoms with E-state index < -0.39 is 0 Å². The maximum atomic E-state index is 12.0. The van der Waals surface area contributed by atoms with Gasteiger partial charge in [-0.1, -0.05) is 30.3 Å². The highest BCUT2D eigenvalue weighted by molar-refractivity contribution is 5.77. The molecule has 0 aliphatic carbocycles. The van der Waals surface area contributed by atoms with Crippen molar-refractivity contribution in [1.82, 2.24) is 14.7 Å². The van der Waals surface area contributed by atoms with Crippen molar-refractivity contribution < 1.29 is 4.79 Å². The van der Waals surface area contributed by atoms with Crippen molar-refractivity contribution in [3.8, 4) is 0 Å². The summed E-state index contributed by atoms with van der Waals surface area (Å²) in [6.45, 7) is 3.76. The maximum absolute atomic E-state index is 12.0. The van der Waals surface area contributed by atoms with Crippen LogP contribution < -0.4 is 0 Å². The first kappa shape index (κ1) is 18.0. The molecular weight excluding hydrogens is 286 g/mol. The average Bonchev–Trinajstić information content (AvgIpc) is 2.51. The molecule has 0 saturated carbocycles. The first-order chi connectivity index (χ1) is 10.9. The largest absolute Gasteiger partial charge is 0.348 e. The van der Waals surface area contributed by atoms with Crippen LogP contribution >= 0.6 is 0 Å². The Morgan fingerprint density at radius 3 is 2.30 bits per heavy atom. The number of amides is 1. The number of likely N-dealkylation sites (N-methyl/N-ethyl adjacent to an activating group) is 2. The lowest BCUT2D eigenvalue weighted by molar-refractivity contribution is -0.130. The van der Waals surface area contributed by atoms with Crippen LogP contribution in [0.4, 0.5) is 0 Å². The van der Waals surface area contributed by atoms with Gasteiger partial charge in [-0.2, -0.15) is 0 Å². The number of likely N-dealkylation sites (tertiary alicyclic amines) is 1. The van der Waals surface area contributed by atoms with Gasteiger partial charge >= 0.3 is 0 Å². The molecule has 23 heavy (non-hydrogen) atoms. The number of rotatable bonds is 6. The van der Waals surface area contributed by atoms with Gasteiger partial charge in [0, 0.05) is 20.6 Å². The number of benzene rings is 1. The summed E-state index contributed by atoms with van der Waals surface area (Å²) in [4.78, 5) is 18.3. The number of carbonyl (C=O) groups excluding carboxylic acids is 1. The van der Waals surface area contributed by atoms with Crippen LogP contribution in [0.25, 0.3) is 0 Å². The van der Waals surface area contributed by atoms with Crippen molar-refractivity contribution in [3.63, 3.8) is 0 Å². The zero-order chi connectivity index (χ0) is 16.9. The van der Waals surface area contributed by atoms with E-state index in [2.05, 4.69) is 54.2 Å². The molecule has 0 spiro atoms. The normalized spacial score (nSPS) is 18.1. The van der Waals surface area contributed by atoms with Gasteiger partial charge in [0.05, 0.1) is 6.54 Å². The molecule has 1 aromatic carbocycles. The number of piperidine rings is 1. The SMILES string of the molecule is CN1CCC(Cc2ccccc2)(CN(C)CC(=O)N(C)C)CC1. The molecule has 0 N–H and O–H groups in total. The van der Waals surface area contributed by atoms with E-state index in [-0.39, 0.29) is 11.3 Å². The molecule has 0 atom stereocenters. The van der Waals surface area contributed by atoms with Gasteiger partial charge in [0.1, 0.15) is 0 Å². The Morgan fingerprint density at radius 1 is 1.13 bits per heavy atom. The zero-order valence-corrected chi connectivity index (χ0v) is 15.1. The first-order valence-corrected chi connectivity index (χ1v) is 8.51. The van der Waals surface area contributed by atoms with Crippen molar-refractivity contribution in [2.45, 2.75) is 19.3 Å². The van der Waals surface area contributed by atoms with Gasteiger partial charge in [0.2, 0.25) is 5.91 Å². The van der Waals surface area contributed by atoms with E-state index in [4.69, 9.17) is 0 Å². The lowest BCUT2D eigenvalue weighted by Crippen LogP contribution is -2.47. The van der Waals surface area contributed by atoms with Crippen molar-refractivity contribution in [1.29, 1.82) is 0 Å². The fraction of sp³-hybridized carbons (Fsp3) is 0.632. The molecule has 0 bridgehead atoms. The van der Waals surface area contributed by atoms with Gasteiger partial charge in [-0.15, -0.1) is 0 Å². The topological polar surface area (TPSA) is 26.8 Å². The standard InChI is InChI=1S/C19H31N3O/c1-20(2)18(23)15-22(4)16-19(10-12-21(3)13-11-19)14-17-8-6-5-7-9-17/h5-9H,10-16H2,1-4H3. The summed E-state index contributed by atoms with van der Waals surface area (Å²) < 4.78 is 0. The van der Waals surface area contributed by atoms with E-state index >= 15 is 0 Å². The number of hydrogen-bond acceptors (Lipinski definition) is 3. The first-order valence-electron chi connectivity index (χ1n) is 8.51. The van der Waals surface area contributed by atoms with Crippen LogP contribution in [0.15, 0.2) is 30.3 Å². The quantitative estimate of drug-likeness (QED) is 0.802. The third-order valence-corrected chi connectivity index (χ3v) is 4.98. The van der Waals surface area contributed by atoms with Gasteiger partial charge in [-0.3, -0.25) is 9.69 Å². The minimum Gasteiger partial charge on any atom is -0.348 e. The molecule has 1 heterocycles. The molecule has 0 unspecified atom stereocenters. The van der Waals surface area contributed by atoms with Crippen molar-refractivity contribution in [3.05, 3.63) is 35.9 Å². The van der Waals surface area contributed by atoms with Gasteiger partial charge in [0.25, 0.3) is 0 Å². The summed E-state index contributed by atoms with van der Waals surface area (Å²) in [6.07, 6.45) is 3.49. The van der Waals surface area contributed by atoms with Crippen molar-refractivity contribution in [2.24, 2.45) is 5.41 Å². The Hall–Kier alpha value is -1.39. The molecule has 1 fully saturated rings. The average molecular weight is 317 g/mol. The Kier molecular flexibility index (Phi) is 6.19. The van der Waals surface area contributed by atoms with E-state index in [1.165, 1.54) is 18.4 Å². The lowest BCUT2D eigenvalue weighted by Gasteiger charge is -2.43. The third kappa shape index (κ3) is 5.33. The lowest BCUT2D eigenvalue weighted by atomic mass is 9.73. The molecule has 1 aliphatic rings. The van der Waals surface area contributed by atoms with Crippen LogP contribution in [-0.2, 0) is 11.2 Å². The highest BCUT2D eigenvalue weighted by atomic mass is 16.2. The predicted octanol–water partition coefficient (Wildman–Crippen LogP) is 1.96. The zero-order valence-electron chi connectivity index (χ0n) is 15.1. The van der Waals surface area contributed by atoms with E-state index in [0.29, 0.717) is 6.54 Å². The fourth-order valence-electron chi connectivity index (χ4n) is 3.51. The van der Waals surface area contributed by atoms with Crippen LogP contribution in [-0.4, -0.2) is 75.0 Å². The van der Waals surface area contributed by atoms with Gasteiger partial charge in [0.15, 0.2) is 0 Å². The number of nitrogens with zero attached hydrogens (tertiary/aromatic N) is 3. The van der Waals surface area contributed by atoms with Crippen molar-refractivity contribution in [2.75, 3.05) is 54.4 Å². The molecule has 1 aliphatic heterocycles. The summed E-state index contributed by atoms with van der Waals surface area (Å²) in [5.74, 6) is 0.176. The summed E-state index contributed by atoms with van der Waals surface area (Å²) in [7, 11) is 7.93. The molecule has 1 saturated heterocycles. The van der Waals surface area contributed by atoms with Crippen LogP contribution in [0.2, 0.25) is 0 Å². The molecule has 0 radical (unpaired) electrons. The van der Waals surface area contributed by atoms with Crippen LogP contribution in [0.3, 0.4) is 0 Å². The Morgan fingerprint density at radius 2 is 1.74 bits per heavy atom. The predicted molar refractivity (Wildman–Crippen MR) is 95.5 cm³/mol. The number of hydrogen-bond donors (Lipinski definition) is 0. The highest BCUT2D eigenvalue weighted by Crippen LogP contribution is 2.35. The van der Waals surface area contributed by atoms with Gasteiger partial charge in [-0.05, 0) is 57.4 Å². The molecule has 4 nitrogen and oxygen atoms in total. The van der Waals surface area contributed by atoms with E-state index in [9.17, 15) is 4.79 Å². The Bertz CT molecular complexity index is 493. The monoisotopic (exact) mass is 317 g/mol. The summed E-state index contributed by atoms with van der Waals surface area (Å²) >= 11 is 0. The third-order valence-electron chi connectivity index (χ3n) is 4.98. The van der Waals surface area contributed by atoms with E-state index in [0.717, 1.165) is 26.1 Å². The minimum absolute atomic E-state index is 0.176. The Balaban J connectivity index is 2.06. The van der Waals surface area contributed by atoms with E-state index in [1.807, 2.05) is 14.1 Å². The van der Waals surface area contributed by atoms with Crippen LogP contribution in [0.5, 0.6) is 0 Å². The molecule has 4 heteroatoms. The van der Waals surface area contributed by atoms with Gasteiger partial charge < -0.3 is 9.80 Å². The Labute approximate surface area is 141 Å². The maximum Gasteiger partial charge on any atom is 0.236 e. The molecule has 1 amide bonds. The second-order valence-electron chi connectivity index (χ2n) is 7.43. The van der Waals surface area contributed by atoms with E-state index in [1.54, 1.807) is 4.90 Å². The fourth-order valence-corrected chi connectivity index (χ4v) is 3.51. The smallest absolute Gasteiger partial charge is 0.236 e. The second kappa shape index (κ2) is 7.93. The second-order valence-corrected chi connectivity index (χ2v) is 7.43. The molecule has 0 aromatic heterocycles. The van der Waals surface area contributed by atoms with Crippen LogP contribution in [0, 0.1) is 5.41 Å². The summed E-state index contributed by atoms with van der Waals surface area (Å²) in [5, 5.41) is 0. The summed E-state index contributed by atoms with van der Waals surface area (Å²) in [6, 6.07) is 10.8. The minimum atomic E-state index is 0.176. The molecule has 128 valence electrons. The summed E-state index contributed by atoms with van der Waals surface area (Å²) in [5.41, 5.74) is 1.68. The van der Waals surface area contributed by atoms with Gasteiger partial charge in [-0.25, -0.2) is 0 Å². The van der Waals surface area contributed by atoms with Crippen LogP contribution in [0.1, 0.15) is 18.4 Å². The molecule has 2 rings (SSSR count). The molecular formula is C19H31N3O. The molecule has 1 aromatic rings. The number of carbonyl (C=O) groups is 1. The highest BCUT2D eigenvalue weighted by Gasteiger charge is 2.35.